The van der Waals surface area contributed by atoms with E-state index >= 15 is 4.39 Å². The summed E-state index contributed by atoms with van der Waals surface area (Å²) in [6.45, 7) is 1.34. The summed E-state index contributed by atoms with van der Waals surface area (Å²) < 4.78 is 84.4. The first-order chi connectivity index (χ1) is 20.1. The Morgan fingerprint density at radius 1 is 1.23 bits per heavy atom. The van der Waals surface area contributed by atoms with Crippen molar-refractivity contribution in [1.82, 2.24) is 14.5 Å². The zero-order chi connectivity index (χ0) is 31.3. The highest BCUT2D eigenvalue weighted by Gasteiger charge is 2.60. The number of nitrogens with zero attached hydrogens (tertiary/aromatic N) is 5. The number of carbonyl (C=O) groups is 2. The fourth-order valence-corrected chi connectivity index (χ4v) is 5.58. The molecule has 2 aliphatic heterocycles. The number of aromatic hydroxyl groups is 1. The minimum Gasteiger partial charge on any atom is -0.507 e. The molecule has 2 fully saturated rings. The van der Waals surface area contributed by atoms with Crippen LogP contribution >= 0.6 is 0 Å². The summed E-state index contributed by atoms with van der Waals surface area (Å²) in [5.41, 5.74) is -4.30. The van der Waals surface area contributed by atoms with Crippen LogP contribution in [0.5, 0.6) is 5.75 Å². The maximum Gasteiger partial charge on any atom is 0.278 e. The number of alkyl halides is 2. The second-order valence-electron chi connectivity index (χ2n) is 10.1. The molecular weight excluding hydrogens is 534 g/mol. The van der Waals surface area contributed by atoms with Gasteiger partial charge in [-0.3, -0.25) is 19.0 Å². The molecule has 0 spiro atoms. The summed E-state index contributed by atoms with van der Waals surface area (Å²) in [4.78, 5) is 47.3. The van der Waals surface area contributed by atoms with E-state index in [9.17, 15) is 32.7 Å². The highest BCUT2D eigenvalue weighted by molar-refractivity contribution is 6.11. The number of amides is 2. The van der Waals surface area contributed by atoms with Gasteiger partial charge >= 0.3 is 0 Å². The van der Waals surface area contributed by atoms with E-state index in [2.05, 4.69) is 11.6 Å². The highest BCUT2D eigenvalue weighted by atomic mass is 19.3. The fourth-order valence-electron chi connectivity index (χ4n) is 5.58. The number of hydrogen-bond donors (Lipinski definition) is 1. The molecule has 4 heterocycles. The summed E-state index contributed by atoms with van der Waals surface area (Å²) in [6, 6.07) is 0.143. The van der Waals surface area contributed by atoms with E-state index in [1.165, 1.54) is 9.80 Å². The zero-order valence-electron chi connectivity index (χ0n) is 23.9. The van der Waals surface area contributed by atoms with Crippen LogP contribution in [-0.2, 0) is 9.59 Å². The third kappa shape index (κ3) is 3.52. The molecule has 13 heteroatoms. The van der Waals surface area contributed by atoms with Crippen molar-refractivity contribution >= 4 is 34.2 Å². The number of carbonyl (C=O) groups excluding carboxylic acids is 2. The molecule has 2 amide bonds. The van der Waals surface area contributed by atoms with Crippen molar-refractivity contribution in [3.8, 4) is 17.0 Å². The van der Waals surface area contributed by atoms with Gasteiger partial charge in [0.25, 0.3) is 17.4 Å². The molecular formula is C27H23F4N5O4. The number of aromatic nitrogens is 2. The first kappa shape index (κ1) is 22.4. The largest absolute Gasteiger partial charge is 0.507 e. The number of pyridine rings is 2. The van der Waals surface area contributed by atoms with Crippen LogP contribution in [0.1, 0.15) is 23.5 Å². The second kappa shape index (κ2) is 8.54. The van der Waals surface area contributed by atoms with Gasteiger partial charge in [0.15, 0.2) is 5.82 Å². The van der Waals surface area contributed by atoms with Crippen LogP contribution in [0.2, 0.25) is 0 Å². The third-order valence-electron chi connectivity index (χ3n) is 7.63. The Morgan fingerprint density at radius 3 is 2.58 bits per heavy atom. The van der Waals surface area contributed by atoms with Crippen molar-refractivity contribution in [3.63, 3.8) is 0 Å². The van der Waals surface area contributed by atoms with E-state index in [0.717, 1.165) is 30.3 Å². The summed E-state index contributed by atoms with van der Waals surface area (Å²) >= 11 is 0. The van der Waals surface area contributed by atoms with Crippen molar-refractivity contribution in [3.05, 3.63) is 58.9 Å². The van der Waals surface area contributed by atoms with Crippen molar-refractivity contribution in [2.75, 3.05) is 29.9 Å². The van der Waals surface area contributed by atoms with Crippen molar-refractivity contribution in [2.24, 2.45) is 0 Å². The number of rotatable bonds is 3. The van der Waals surface area contributed by atoms with Gasteiger partial charge in [0, 0.05) is 35.5 Å². The molecule has 6 rings (SSSR count). The van der Waals surface area contributed by atoms with E-state index in [1.807, 2.05) is 0 Å². The molecule has 1 saturated heterocycles. The zero-order valence-corrected chi connectivity index (χ0v) is 20.9. The predicted octanol–water partition coefficient (Wildman–Crippen LogP) is 3.20. The highest BCUT2D eigenvalue weighted by Crippen LogP contribution is 2.54. The van der Waals surface area contributed by atoms with Crippen LogP contribution in [-0.4, -0.2) is 69.4 Å². The summed E-state index contributed by atoms with van der Waals surface area (Å²) in [5, 5.41) is 10.0. The molecule has 1 saturated carbocycles. The van der Waals surface area contributed by atoms with Gasteiger partial charge in [0.2, 0.25) is 5.91 Å². The first-order valence-corrected chi connectivity index (χ1v) is 12.3. The summed E-state index contributed by atoms with van der Waals surface area (Å²) in [5.74, 6) is -8.04. The van der Waals surface area contributed by atoms with Crippen LogP contribution < -0.4 is 15.4 Å². The SMILES string of the molecule is [2H]C([2H])([2H])N1C(=O)[C@H]2CN(C(=O)C=C)[C@H](C)CN2c2c1c(=O)n([C@H]1CC1(F)F)c1nc(-c3c(O)cccc3F)c(F)cc21. The minimum absolute atomic E-state index is 0.132. The monoisotopic (exact) mass is 560 g/mol. The van der Waals surface area contributed by atoms with Crippen LogP contribution in [0.15, 0.2) is 41.7 Å². The Morgan fingerprint density at radius 2 is 1.95 bits per heavy atom. The Kier molecular flexibility index (Phi) is 4.78. The Bertz CT molecular complexity index is 1790. The number of piperazine rings is 1. The molecule has 0 radical (unpaired) electrons. The molecule has 1 N–H and O–H groups in total. The lowest BCUT2D eigenvalue weighted by molar-refractivity contribution is -0.130. The van der Waals surface area contributed by atoms with E-state index in [1.54, 1.807) is 6.92 Å². The molecule has 3 aliphatic rings. The molecule has 9 nitrogen and oxygen atoms in total. The predicted molar refractivity (Wildman–Crippen MR) is 138 cm³/mol. The maximum absolute atomic E-state index is 15.8. The first-order valence-electron chi connectivity index (χ1n) is 13.8. The van der Waals surface area contributed by atoms with Crippen LogP contribution in [0, 0.1) is 11.6 Å². The van der Waals surface area contributed by atoms with Gasteiger partial charge in [-0.25, -0.2) is 22.5 Å². The average molecular weight is 561 g/mol. The second-order valence-corrected chi connectivity index (χ2v) is 10.1. The van der Waals surface area contributed by atoms with Crippen molar-refractivity contribution < 1.29 is 36.4 Å². The van der Waals surface area contributed by atoms with Gasteiger partial charge in [0.1, 0.15) is 40.7 Å². The van der Waals surface area contributed by atoms with E-state index in [0.29, 0.717) is 4.57 Å². The van der Waals surface area contributed by atoms with Gasteiger partial charge in [-0.05, 0) is 31.2 Å². The lowest BCUT2D eigenvalue weighted by Gasteiger charge is -2.49. The number of phenols is 1. The number of anilines is 2. The molecule has 0 unspecified atom stereocenters. The lowest BCUT2D eigenvalue weighted by Crippen LogP contribution is -2.66. The Balaban J connectivity index is 1.72. The number of benzene rings is 1. The molecule has 2 aromatic heterocycles. The topological polar surface area (TPSA) is 99.0 Å². The number of phenolic OH excluding ortho intramolecular Hbond substituents is 1. The molecule has 1 aromatic carbocycles. The number of hydrogen-bond acceptors (Lipinski definition) is 6. The number of halogens is 4. The van der Waals surface area contributed by atoms with Gasteiger partial charge in [-0.2, -0.15) is 0 Å². The quantitative estimate of drug-likeness (QED) is 0.390. The average Bonchev–Trinajstić information content (AvgIpc) is 3.54. The maximum atomic E-state index is 15.8. The normalized spacial score (nSPS) is 24.6. The lowest BCUT2D eigenvalue weighted by atomic mass is 9.98. The molecule has 1 aliphatic carbocycles. The van der Waals surface area contributed by atoms with Crippen LogP contribution in [0.4, 0.5) is 28.9 Å². The number of fused-ring (bicyclic) bond motifs is 5. The van der Waals surface area contributed by atoms with Crippen molar-refractivity contribution in [1.29, 1.82) is 0 Å². The number of likely N-dealkylation sites (N-methyl/N-ethyl adjacent to an activating group) is 1. The Labute approximate surface area is 228 Å². The summed E-state index contributed by atoms with van der Waals surface area (Å²) in [6.07, 6.45) is 0.196. The fraction of sp³-hybridized carbons (Fsp3) is 0.333. The molecule has 40 heavy (non-hydrogen) atoms. The van der Waals surface area contributed by atoms with Gasteiger partial charge in [-0.15, -0.1) is 0 Å². The summed E-state index contributed by atoms with van der Waals surface area (Å²) in [7, 11) is 0. The van der Waals surface area contributed by atoms with E-state index in [4.69, 9.17) is 4.11 Å². The van der Waals surface area contributed by atoms with Gasteiger partial charge < -0.3 is 19.8 Å². The van der Waals surface area contributed by atoms with Crippen LogP contribution in [0.25, 0.3) is 22.3 Å². The molecule has 3 atom stereocenters. The molecule has 0 bridgehead atoms. The molecule has 3 aromatic rings. The van der Waals surface area contributed by atoms with E-state index in [-0.39, 0.29) is 29.1 Å². The molecule has 208 valence electrons. The third-order valence-corrected chi connectivity index (χ3v) is 7.63. The van der Waals surface area contributed by atoms with Gasteiger partial charge in [-0.1, -0.05) is 12.6 Å². The minimum atomic E-state index is -3.42. The van der Waals surface area contributed by atoms with Crippen LogP contribution in [0.3, 0.4) is 0 Å². The van der Waals surface area contributed by atoms with Gasteiger partial charge in [0.05, 0.1) is 17.8 Å². The van der Waals surface area contributed by atoms with Crippen molar-refractivity contribution in [2.45, 2.75) is 37.4 Å². The Hall–Kier alpha value is -4.42. The standard InChI is InChI=1S/C27H23F4N5O4/c1-4-19(38)34-11-16-25(39)33(3)23-22(35(16)10-12(34)2)13-8-15(29)21(20-14(28)6-5-7-17(20)37)32-24(13)36(26(23)40)18-9-27(18,30)31/h4-8,12,16,18,37H,1,9-11H2,2-3H3/t12-,16-,18+/m1/s1/i3D3. The smallest absolute Gasteiger partial charge is 0.278 e. The van der Waals surface area contributed by atoms with E-state index < -0.39 is 94.8 Å².